The van der Waals surface area contributed by atoms with Crippen molar-refractivity contribution in [3.8, 4) is 17.2 Å². The summed E-state index contributed by atoms with van der Waals surface area (Å²) in [6, 6.07) is 2.39. The van der Waals surface area contributed by atoms with Crippen LogP contribution in [0, 0.1) is 5.82 Å². The van der Waals surface area contributed by atoms with E-state index < -0.39 is 58.5 Å². The first-order valence-electron chi connectivity index (χ1n) is 12.9. The van der Waals surface area contributed by atoms with Crippen LogP contribution in [0.2, 0.25) is 0 Å². The standard InChI is InChI=1S/C26H29B2FN4O9/c1-30-23(38)22(26(28,41)25(27,40)12-34)33-11-15-13(24(33)39)3-2-4-17(15)31-9-14-18(29)16(20(36)21(37)19(14)35)10-32-5-7-42-8-6-32/h2-4,12,22,31,35-37,40-41H,5-11H2,1H3,(H,30,38). The van der Waals surface area contributed by atoms with Gasteiger partial charge in [-0.15, -0.1) is 0 Å². The van der Waals surface area contributed by atoms with Crippen molar-refractivity contribution >= 4 is 39.5 Å². The van der Waals surface area contributed by atoms with Gasteiger partial charge in [0.2, 0.25) is 11.7 Å². The topological polar surface area (TPSA) is 192 Å². The number of hydrogen-bond donors (Lipinski definition) is 7. The Morgan fingerprint density at radius 3 is 2.40 bits per heavy atom. The van der Waals surface area contributed by atoms with Crippen LogP contribution in [0.15, 0.2) is 18.2 Å². The van der Waals surface area contributed by atoms with Crippen LogP contribution in [0.4, 0.5) is 10.1 Å². The van der Waals surface area contributed by atoms with Crippen LogP contribution >= 0.6 is 0 Å². The number of carbonyl (C=O) groups is 3. The molecule has 4 rings (SSSR count). The van der Waals surface area contributed by atoms with E-state index in [1.165, 1.54) is 25.2 Å². The fraction of sp³-hybridized carbons (Fsp3) is 0.423. The van der Waals surface area contributed by atoms with E-state index in [1.54, 1.807) is 0 Å². The average Bonchev–Trinajstić information content (AvgIpc) is 3.30. The van der Waals surface area contributed by atoms with Gasteiger partial charge in [0.1, 0.15) is 33.8 Å². The zero-order valence-electron chi connectivity index (χ0n) is 22.6. The lowest BCUT2D eigenvalue weighted by molar-refractivity contribution is -0.146. The van der Waals surface area contributed by atoms with E-state index in [2.05, 4.69) is 10.6 Å². The molecule has 2 heterocycles. The first kappa shape index (κ1) is 31.1. The van der Waals surface area contributed by atoms with Crippen LogP contribution in [0.1, 0.15) is 27.0 Å². The van der Waals surface area contributed by atoms with Crippen LogP contribution in [0.5, 0.6) is 17.2 Å². The third-order valence-corrected chi connectivity index (χ3v) is 7.53. The maximum atomic E-state index is 15.6. The molecule has 16 heteroatoms. The van der Waals surface area contributed by atoms with Gasteiger partial charge < -0.3 is 50.6 Å². The van der Waals surface area contributed by atoms with Gasteiger partial charge in [-0.1, -0.05) is 6.07 Å². The monoisotopic (exact) mass is 582 g/mol. The van der Waals surface area contributed by atoms with Crippen molar-refractivity contribution in [3.05, 3.63) is 46.3 Å². The van der Waals surface area contributed by atoms with E-state index in [0.717, 1.165) is 4.90 Å². The van der Waals surface area contributed by atoms with E-state index >= 15 is 4.39 Å². The van der Waals surface area contributed by atoms with E-state index in [4.69, 9.17) is 20.4 Å². The number of nitrogens with one attached hydrogen (secondary N) is 2. The molecule has 42 heavy (non-hydrogen) atoms. The van der Waals surface area contributed by atoms with Gasteiger partial charge in [-0.2, -0.15) is 0 Å². The number of halogens is 1. The molecule has 3 unspecified atom stereocenters. The van der Waals surface area contributed by atoms with Gasteiger partial charge in [0.15, 0.2) is 11.5 Å². The number of aromatic hydroxyl groups is 3. The lowest BCUT2D eigenvalue weighted by atomic mass is 9.55. The molecule has 7 N–H and O–H groups in total. The largest absolute Gasteiger partial charge is 0.504 e. The maximum absolute atomic E-state index is 15.6. The van der Waals surface area contributed by atoms with Crippen molar-refractivity contribution in [2.45, 2.75) is 36.7 Å². The number of carbonyl (C=O) groups excluding carboxylic acids is 3. The first-order chi connectivity index (χ1) is 19.8. The molecule has 0 aromatic heterocycles. The number of hydrogen-bond acceptors (Lipinski definition) is 11. The normalized spacial score (nSPS) is 19.0. The number of fused-ring (bicyclic) bond motifs is 1. The van der Waals surface area contributed by atoms with Gasteiger partial charge in [-0.05, 0) is 12.1 Å². The maximum Gasteiger partial charge on any atom is 0.255 e. The summed E-state index contributed by atoms with van der Waals surface area (Å²) in [7, 11) is 12.4. The molecule has 2 aromatic carbocycles. The quantitative estimate of drug-likeness (QED) is 0.0967. The van der Waals surface area contributed by atoms with E-state index in [0.29, 0.717) is 26.3 Å². The number of aliphatic hydroxyl groups is 2. The molecule has 220 valence electrons. The molecule has 13 nitrogen and oxygen atoms in total. The molecular weight excluding hydrogens is 553 g/mol. The van der Waals surface area contributed by atoms with E-state index in [9.17, 15) is 39.9 Å². The molecule has 0 aliphatic carbocycles. The number of phenols is 3. The number of aldehydes is 1. The third-order valence-electron chi connectivity index (χ3n) is 7.53. The Balaban J connectivity index is 1.64. The summed E-state index contributed by atoms with van der Waals surface area (Å²) < 4.78 is 20.9. The molecule has 3 atom stereocenters. The van der Waals surface area contributed by atoms with Crippen LogP contribution < -0.4 is 10.6 Å². The first-order valence-corrected chi connectivity index (χ1v) is 12.9. The Morgan fingerprint density at radius 2 is 1.79 bits per heavy atom. The van der Waals surface area contributed by atoms with Crippen LogP contribution in [-0.4, -0.2) is 120 Å². The summed E-state index contributed by atoms with van der Waals surface area (Å²) in [5.74, 6) is -5.32. The zero-order valence-corrected chi connectivity index (χ0v) is 22.6. The summed E-state index contributed by atoms with van der Waals surface area (Å²) in [6.07, 6.45) is -0.259. The van der Waals surface area contributed by atoms with Crippen molar-refractivity contribution in [1.29, 1.82) is 0 Å². The molecule has 0 spiro atoms. The number of ether oxygens (including phenoxy) is 1. The van der Waals surface area contributed by atoms with Gasteiger partial charge in [0.25, 0.3) is 5.91 Å². The highest BCUT2D eigenvalue weighted by atomic mass is 19.1. The van der Waals surface area contributed by atoms with Gasteiger partial charge in [0, 0.05) is 62.1 Å². The van der Waals surface area contributed by atoms with Crippen LogP contribution in [0.25, 0.3) is 0 Å². The van der Waals surface area contributed by atoms with E-state index in [1.807, 2.05) is 4.90 Å². The van der Waals surface area contributed by atoms with Crippen LogP contribution in [-0.2, 0) is 34.0 Å². The number of nitrogens with zero attached hydrogens (tertiary/aromatic N) is 2. The Morgan fingerprint density at radius 1 is 1.14 bits per heavy atom. The number of rotatable bonds is 10. The minimum atomic E-state index is -3.12. The zero-order chi connectivity index (χ0) is 31.0. The number of benzene rings is 2. The molecule has 4 radical (unpaired) electrons. The molecule has 0 saturated carbocycles. The molecule has 2 amide bonds. The SMILES string of the molecule is [B]C(O)(C=O)C([B])(O)C(C(=O)NC)N1Cc2c(NCc3c(O)c(O)c(O)c(CN4CCOCC4)c3F)cccc2C1=O. The lowest BCUT2D eigenvalue weighted by Gasteiger charge is -2.44. The second-order valence-electron chi connectivity index (χ2n) is 10.1. The molecule has 2 aliphatic rings. The molecule has 2 aromatic rings. The predicted molar refractivity (Wildman–Crippen MR) is 146 cm³/mol. The van der Waals surface area contributed by atoms with Gasteiger partial charge in [0.05, 0.1) is 29.8 Å². The van der Waals surface area contributed by atoms with Crippen LogP contribution in [0.3, 0.4) is 0 Å². The smallest absolute Gasteiger partial charge is 0.255 e. The average molecular weight is 582 g/mol. The molecule has 2 aliphatic heterocycles. The highest BCUT2D eigenvalue weighted by molar-refractivity contribution is 6.33. The predicted octanol–water partition coefficient (Wildman–Crippen LogP) is -1.63. The molecule has 1 fully saturated rings. The fourth-order valence-corrected chi connectivity index (χ4v) is 5.02. The van der Waals surface area contributed by atoms with Crippen molar-refractivity contribution in [1.82, 2.24) is 15.1 Å². The summed E-state index contributed by atoms with van der Waals surface area (Å²) in [4.78, 5) is 40.1. The Kier molecular flexibility index (Phi) is 8.73. The van der Waals surface area contributed by atoms with E-state index in [-0.39, 0.29) is 47.3 Å². The van der Waals surface area contributed by atoms with Crippen molar-refractivity contribution in [3.63, 3.8) is 0 Å². The highest BCUT2D eigenvalue weighted by Crippen LogP contribution is 2.44. The van der Waals surface area contributed by atoms with Crippen molar-refractivity contribution in [2.75, 3.05) is 38.7 Å². The number of likely N-dealkylation sites (N-methyl/N-ethyl adjacent to an activating group) is 1. The highest BCUT2D eigenvalue weighted by Gasteiger charge is 2.54. The number of morpholine rings is 1. The second-order valence-corrected chi connectivity index (χ2v) is 10.1. The van der Waals surface area contributed by atoms with Crippen molar-refractivity contribution < 1.29 is 49.0 Å². The Hall–Kier alpha value is -3.85. The van der Waals surface area contributed by atoms with Gasteiger partial charge >= 0.3 is 0 Å². The minimum Gasteiger partial charge on any atom is -0.504 e. The van der Waals surface area contributed by atoms with Gasteiger partial charge in [-0.25, -0.2) is 4.39 Å². The molecular formula is C26H29B2FN4O9. The van der Waals surface area contributed by atoms with Crippen molar-refractivity contribution in [2.24, 2.45) is 0 Å². The molecule has 0 bridgehead atoms. The number of anilines is 1. The number of amides is 2. The lowest BCUT2D eigenvalue weighted by Crippen LogP contribution is -2.71. The third kappa shape index (κ3) is 5.38. The minimum absolute atomic E-state index is 0.0524. The summed E-state index contributed by atoms with van der Waals surface area (Å²) in [5.41, 5.74) is -6.23. The van der Waals surface area contributed by atoms with Gasteiger partial charge in [-0.3, -0.25) is 14.5 Å². The number of phenolic OH excluding ortho intramolecular Hbond substituents is 3. The second kappa shape index (κ2) is 11.8. The fourth-order valence-electron chi connectivity index (χ4n) is 5.02. The Bertz CT molecular complexity index is 1400. The Labute approximate surface area is 242 Å². The summed E-state index contributed by atoms with van der Waals surface area (Å²) >= 11 is 0. The summed E-state index contributed by atoms with van der Waals surface area (Å²) in [5, 5.41) is 57.3. The molecule has 1 saturated heterocycles. The summed E-state index contributed by atoms with van der Waals surface area (Å²) in [6.45, 7) is 0.955.